The summed E-state index contributed by atoms with van der Waals surface area (Å²) < 4.78 is 5.79. The van der Waals surface area contributed by atoms with Gasteiger partial charge in [0, 0.05) is 11.1 Å². The molecule has 0 aliphatic rings. The van der Waals surface area contributed by atoms with Crippen LogP contribution < -0.4 is 0 Å². The van der Waals surface area contributed by atoms with Crippen molar-refractivity contribution in [1.82, 2.24) is 9.97 Å². The molecular weight excluding hydrogens is 284 g/mol. The van der Waals surface area contributed by atoms with Crippen molar-refractivity contribution < 1.29 is 4.42 Å². The quantitative estimate of drug-likeness (QED) is 0.635. The summed E-state index contributed by atoms with van der Waals surface area (Å²) in [6.45, 7) is 6.25. The molecule has 2 aromatic heterocycles. The SMILES string of the molecule is Cc1oc2ccccc2c1-c1nc(Cl)cc(CC(C)C)n1. The fourth-order valence-electron chi connectivity index (χ4n) is 2.54. The van der Waals surface area contributed by atoms with Gasteiger partial charge >= 0.3 is 0 Å². The smallest absolute Gasteiger partial charge is 0.165 e. The highest BCUT2D eigenvalue weighted by molar-refractivity contribution is 6.29. The standard InChI is InChI=1S/C17H17ClN2O/c1-10(2)8-12-9-15(18)20-17(19-12)16-11(3)21-14-7-5-4-6-13(14)16/h4-7,9-10H,8H2,1-3H3. The van der Waals surface area contributed by atoms with E-state index in [9.17, 15) is 0 Å². The Labute approximate surface area is 129 Å². The molecule has 0 aliphatic heterocycles. The molecule has 0 atom stereocenters. The number of fused-ring (bicyclic) bond motifs is 1. The second kappa shape index (κ2) is 5.49. The van der Waals surface area contributed by atoms with Gasteiger partial charge in [0.15, 0.2) is 5.82 Å². The minimum absolute atomic E-state index is 0.473. The lowest BCUT2D eigenvalue weighted by Gasteiger charge is -2.07. The Kier molecular flexibility index (Phi) is 3.68. The third kappa shape index (κ3) is 2.79. The second-order valence-corrected chi connectivity index (χ2v) is 6.02. The Hall–Kier alpha value is -1.87. The lowest BCUT2D eigenvalue weighted by atomic mass is 10.1. The second-order valence-electron chi connectivity index (χ2n) is 5.63. The molecule has 108 valence electrons. The van der Waals surface area contributed by atoms with Crippen molar-refractivity contribution in [2.75, 3.05) is 0 Å². The number of halogens is 1. The minimum atomic E-state index is 0.473. The number of benzene rings is 1. The maximum atomic E-state index is 6.17. The van der Waals surface area contributed by atoms with Gasteiger partial charge in [-0.2, -0.15) is 0 Å². The zero-order chi connectivity index (χ0) is 15.0. The van der Waals surface area contributed by atoms with Crippen LogP contribution in [0.5, 0.6) is 0 Å². The molecule has 3 rings (SSSR count). The zero-order valence-electron chi connectivity index (χ0n) is 12.4. The van der Waals surface area contributed by atoms with Crippen LogP contribution in [0.1, 0.15) is 25.3 Å². The number of para-hydroxylation sites is 1. The first-order chi connectivity index (χ1) is 10.0. The molecule has 21 heavy (non-hydrogen) atoms. The number of aromatic nitrogens is 2. The number of furan rings is 1. The van der Waals surface area contributed by atoms with Crippen LogP contribution >= 0.6 is 11.6 Å². The van der Waals surface area contributed by atoms with Gasteiger partial charge in [-0.3, -0.25) is 0 Å². The molecule has 0 aliphatic carbocycles. The molecule has 0 amide bonds. The van der Waals surface area contributed by atoms with Gasteiger partial charge in [-0.1, -0.05) is 43.6 Å². The summed E-state index contributed by atoms with van der Waals surface area (Å²) in [6, 6.07) is 9.75. The van der Waals surface area contributed by atoms with Gasteiger partial charge in [-0.05, 0) is 31.4 Å². The molecule has 3 nitrogen and oxygen atoms in total. The monoisotopic (exact) mass is 300 g/mol. The highest BCUT2D eigenvalue weighted by atomic mass is 35.5. The molecule has 4 heteroatoms. The van der Waals surface area contributed by atoms with E-state index in [1.54, 1.807) is 0 Å². The molecule has 0 spiro atoms. The van der Waals surface area contributed by atoms with Crippen LogP contribution in [-0.2, 0) is 6.42 Å². The Balaban J connectivity index is 2.18. The predicted octanol–water partition coefficient (Wildman–Crippen LogP) is 5.05. The number of hydrogen-bond acceptors (Lipinski definition) is 3. The Morgan fingerprint density at radius 1 is 1.19 bits per heavy atom. The van der Waals surface area contributed by atoms with E-state index in [0.717, 1.165) is 34.4 Å². The van der Waals surface area contributed by atoms with Gasteiger partial charge in [-0.15, -0.1) is 0 Å². The van der Waals surface area contributed by atoms with E-state index >= 15 is 0 Å². The normalized spacial score (nSPS) is 11.5. The molecule has 0 bridgehead atoms. The Morgan fingerprint density at radius 3 is 2.71 bits per heavy atom. The number of nitrogens with zero attached hydrogens (tertiary/aromatic N) is 2. The Morgan fingerprint density at radius 2 is 1.95 bits per heavy atom. The van der Waals surface area contributed by atoms with E-state index in [4.69, 9.17) is 16.0 Å². The van der Waals surface area contributed by atoms with Crippen LogP contribution in [0.25, 0.3) is 22.4 Å². The van der Waals surface area contributed by atoms with Crippen LogP contribution in [0.3, 0.4) is 0 Å². The van der Waals surface area contributed by atoms with Gasteiger partial charge in [0.2, 0.25) is 0 Å². The van der Waals surface area contributed by atoms with Crippen LogP contribution in [0.15, 0.2) is 34.7 Å². The summed E-state index contributed by atoms with van der Waals surface area (Å²) in [5.74, 6) is 1.97. The largest absolute Gasteiger partial charge is 0.461 e. The van der Waals surface area contributed by atoms with Gasteiger partial charge < -0.3 is 4.42 Å². The van der Waals surface area contributed by atoms with Crippen molar-refractivity contribution in [1.29, 1.82) is 0 Å². The molecular formula is C17H17ClN2O. The van der Waals surface area contributed by atoms with E-state index < -0.39 is 0 Å². The van der Waals surface area contributed by atoms with Gasteiger partial charge in [0.1, 0.15) is 16.5 Å². The van der Waals surface area contributed by atoms with Crippen molar-refractivity contribution in [3.8, 4) is 11.4 Å². The molecule has 1 aromatic carbocycles. The molecule has 2 heterocycles. The third-order valence-electron chi connectivity index (χ3n) is 3.36. The zero-order valence-corrected chi connectivity index (χ0v) is 13.1. The predicted molar refractivity (Wildman–Crippen MR) is 85.5 cm³/mol. The van der Waals surface area contributed by atoms with E-state index in [0.29, 0.717) is 16.9 Å². The topological polar surface area (TPSA) is 38.9 Å². The summed E-state index contributed by atoms with van der Waals surface area (Å²) >= 11 is 6.17. The molecule has 0 radical (unpaired) electrons. The van der Waals surface area contributed by atoms with Crippen molar-refractivity contribution in [2.45, 2.75) is 27.2 Å². The third-order valence-corrected chi connectivity index (χ3v) is 3.55. The number of hydrogen-bond donors (Lipinski definition) is 0. The summed E-state index contributed by atoms with van der Waals surface area (Å²) in [5, 5.41) is 1.49. The summed E-state index contributed by atoms with van der Waals surface area (Å²) in [4.78, 5) is 9.06. The first kappa shape index (κ1) is 14.1. The molecule has 0 N–H and O–H groups in total. The first-order valence-corrected chi connectivity index (χ1v) is 7.44. The van der Waals surface area contributed by atoms with Gasteiger partial charge in [-0.25, -0.2) is 9.97 Å². The minimum Gasteiger partial charge on any atom is -0.461 e. The van der Waals surface area contributed by atoms with Crippen LogP contribution in [0.2, 0.25) is 5.15 Å². The van der Waals surface area contributed by atoms with Crippen LogP contribution in [0, 0.1) is 12.8 Å². The summed E-state index contributed by atoms with van der Waals surface area (Å²) in [5.41, 5.74) is 2.74. The average molecular weight is 301 g/mol. The maximum absolute atomic E-state index is 6.17. The molecule has 0 saturated heterocycles. The number of rotatable bonds is 3. The van der Waals surface area contributed by atoms with Gasteiger partial charge in [0.25, 0.3) is 0 Å². The van der Waals surface area contributed by atoms with E-state index in [1.807, 2.05) is 37.3 Å². The molecule has 0 saturated carbocycles. The van der Waals surface area contributed by atoms with E-state index in [1.165, 1.54) is 0 Å². The Bertz CT molecular complexity index is 793. The van der Waals surface area contributed by atoms with E-state index in [2.05, 4.69) is 23.8 Å². The summed E-state index contributed by atoms with van der Waals surface area (Å²) in [6.07, 6.45) is 0.879. The fourth-order valence-corrected chi connectivity index (χ4v) is 2.75. The average Bonchev–Trinajstić information content (AvgIpc) is 2.72. The molecule has 0 fully saturated rings. The highest BCUT2D eigenvalue weighted by Crippen LogP contribution is 2.33. The number of aryl methyl sites for hydroxylation is 1. The summed E-state index contributed by atoms with van der Waals surface area (Å²) in [7, 11) is 0. The van der Waals surface area contributed by atoms with Gasteiger partial charge in [0.05, 0.1) is 5.56 Å². The first-order valence-electron chi connectivity index (χ1n) is 7.06. The fraction of sp³-hybridized carbons (Fsp3) is 0.294. The van der Waals surface area contributed by atoms with Crippen molar-refractivity contribution >= 4 is 22.6 Å². The lowest BCUT2D eigenvalue weighted by molar-refractivity contribution is 0.579. The lowest BCUT2D eigenvalue weighted by Crippen LogP contribution is -2.01. The van der Waals surface area contributed by atoms with Crippen LogP contribution in [-0.4, -0.2) is 9.97 Å². The molecule has 0 unspecified atom stereocenters. The highest BCUT2D eigenvalue weighted by Gasteiger charge is 2.16. The van der Waals surface area contributed by atoms with E-state index in [-0.39, 0.29) is 0 Å². The van der Waals surface area contributed by atoms with Crippen molar-refractivity contribution in [2.24, 2.45) is 5.92 Å². The maximum Gasteiger partial charge on any atom is 0.165 e. The van der Waals surface area contributed by atoms with Crippen LogP contribution in [0.4, 0.5) is 0 Å². The van der Waals surface area contributed by atoms with Crippen molar-refractivity contribution in [3.05, 3.63) is 46.9 Å². The van der Waals surface area contributed by atoms with Crippen molar-refractivity contribution in [3.63, 3.8) is 0 Å². The molecule has 3 aromatic rings.